The van der Waals surface area contributed by atoms with Gasteiger partial charge in [-0.25, -0.2) is 18.3 Å². The number of anilines is 2. The number of para-hydroxylation sites is 1. The maximum absolute atomic E-state index is 13.9. The number of fused-ring (bicyclic) bond motifs is 1. The quantitative estimate of drug-likeness (QED) is 0.324. The predicted octanol–water partition coefficient (Wildman–Crippen LogP) is 5.05. The van der Waals surface area contributed by atoms with Crippen LogP contribution in [0.2, 0.25) is 0 Å². The Morgan fingerprint density at radius 3 is 2.35 bits per heavy atom. The van der Waals surface area contributed by atoms with E-state index in [0.29, 0.717) is 17.8 Å². The van der Waals surface area contributed by atoms with Crippen LogP contribution in [-0.2, 0) is 6.54 Å². The largest absolute Gasteiger partial charge is 0.321 e. The van der Waals surface area contributed by atoms with E-state index >= 15 is 0 Å². The number of halogens is 2. The van der Waals surface area contributed by atoms with Crippen LogP contribution >= 0.6 is 0 Å². The van der Waals surface area contributed by atoms with Crippen molar-refractivity contribution < 1.29 is 18.4 Å². The lowest BCUT2D eigenvalue weighted by molar-refractivity contribution is 0.102. The van der Waals surface area contributed by atoms with Gasteiger partial charge in [-0.3, -0.25) is 14.3 Å². The summed E-state index contributed by atoms with van der Waals surface area (Å²) in [5.41, 5.74) is 1.16. The molecule has 3 aromatic heterocycles. The third-order valence-corrected chi connectivity index (χ3v) is 5.62. The van der Waals surface area contributed by atoms with Gasteiger partial charge in [-0.15, -0.1) is 0 Å². The number of aromatic nitrogens is 5. The highest BCUT2D eigenvalue weighted by molar-refractivity contribution is 6.13. The SMILES string of the molecule is CCn1cc(NC(=O)c2cnn3c(C(F)F)cc(-c4ccccc4)nc23)c(C(=O)Nc2ccccc2)n1. The highest BCUT2D eigenvalue weighted by atomic mass is 19.3. The average molecular weight is 501 g/mol. The first kappa shape index (κ1) is 23.8. The summed E-state index contributed by atoms with van der Waals surface area (Å²) in [6.45, 7) is 2.29. The number of aryl methyl sites for hydroxylation is 1. The van der Waals surface area contributed by atoms with Crippen LogP contribution in [0.3, 0.4) is 0 Å². The van der Waals surface area contributed by atoms with E-state index in [1.807, 2.05) is 13.0 Å². The van der Waals surface area contributed by atoms with Gasteiger partial charge in [0, 0.05) is 24.0 Å². The first-order valence-electron chi connectivity index (χ1n) is 11.4. The van der Waals surface area contributed by atoms with Crippen molar-refractivity contribution in [1.82, 2.24) is 24.4 Å². The van der Waals surface area contributed by atoms with E-state index in [1.165, 1.54) is 23.1 Å². The van der Waals surface area contributed by atoms with Crippen LogP contribution in [0.1, 0.15) is 39.9 Å². The number of nitrogens with one attached hydrogen (secondary N) is 2. The van der Waals surface area contributed by atoms with E-state index in [1.54, 1.807) is 54.6 Å². The zero-order chi connectivity index (χ0) is 25.9. The molecule has 37 heavy (non-hydrogen) atoms. The number of amides is 2. The molecule has 0 spiro atoms. The topological polar surface area (TPSA) is 106 Å². The average Bonchev–Trinajstić information content (AvgIpc) is 3.53. The highest BCUT2D eigenvalue weighted by Gasteiger charge is 2.24. The van der Waals surface area contributed by atoms with Gasteiger partial charge in [0.25, 0.3) is 18.2 Å². The molecule has 0 unspecified atom stereocenters. The van der Waals surface area contributed by atoms with E-state index in [0.717, 1.165) is 4.52 Å². The van der Waals surface area contributed by atoms with Crippen molar-refractivity contribution in [1.29, 1.82) is 0 Å². The van der Waals surface area contributed by atoms with Crippen molar-refractivity contribution in [3.05, 3.63) is 96.1 Å². The van der Waals surface area contributed by atoms with Crippen LogP contribution in [0.15, 0.2) is 79.1 Å². The van der Waals surface area contributed by atoms with Gasteiger partial charge in [-0.1, -0.05) is 48.5 Å². The molecule has 3 heterocycles. The van der Waals surface area contributed by atoms with Crippen LogP contribution in [-0.4, -0.2) is 36.2 Å². The fourth-order valence-corrected chi connectivity index (χ4v) is 3.80. The Bertz CT molecular complexity index is 1580. The molecule has 0 radical (unpaired) electrons. The van der Waals surface area contributed by atoms with Gasteiger partial charge in [0.15, 0.2) is 11.3 Å². The molecule has 0 saturated heterocycles. The summed E-state index contributed by atoms with van der Waals surface area (Å²) in [7, 11) is 0. The lowest BCUT2D eigenvalue weighted by Crippen LogP contribution is -2.18. The van der Waals surface area contributed by atoms with E-state index in [9.17, 15) is 18.4 Å². The van der Waals surface area contributed by atoms with Gasteiger partial charge in [0.2, 0.25) is 0 Å². The Morgan fingerprint density at radius 2 is 1.68 bits per heavy atom. The molecule has 9 nitrogen and oxygen atoms in total. The second-order valence-corrected chi connectivity index (χ2v) is 8.05. The van der Waals surface area contributed by atoms with Gasteiger partial charge in [0.05, 0.1) is 17.6 Å². The van der Waals surface area contributed by atoms with Gasteiger partial charge in [-0.05, 0) is 25.1 Å². The summed E-state index contributed by atoms with van der Waals surface area (Å²) >= 11 is 0. The molecule has 0 aliphatic rings. The summed E-state index contributed by atoms with van der Waals surface area (Å²) in [4.78, 5) is 30.7. The molecule has 0 atom stereocenters. The Balaban J connectivity index is 1.50. The zero-order valence-electron chi connectivity index (χ0n) is 19.6. The lowest BCUT2D eigenvalue weighted by atomic mass is 10.1. The summed E-state index contributed by atoms with van der Waals surface area (Å²) in [6.07, 6.45) is -0.150. The third kappa shape index (κ3) is 4.79. The number of alkyl halides is 2. The van der Waals surface area contributed by atoms with Crippen LogP contribution in [0.4, 0.5) is 20.2 Å². The van der Waals surface area contributed by atoms with E-state index in [-0.39, 0.29) is 28.3 Å². The number of benzene rings is 2. The van der Waals surface area contributed by atoms with Crippen molar-refractivity contribution in [3.63, 3.8) is 0 Å². The van der Waals surface area contributed by atoms with Gasteiger partial charge >= 0.3 is 0 Å². The molecule has 0 aliphatic carbocycles. The van der Waals surface area contributed by atoms with Gasteiger partial charge < -0.3 is 10.6 Å². The molecule has 0 saturated carbocycles. The molecule has 2 N–H and O–H groups in total. The Hall–Kier alpha value is -4.93. The molecule has 2 amide bonds. The smallest absolute Gasteiger partial charge is 0.280 e. The maximum atomic E-state index is 13.9. The van der Waals surface area contributed by atoms with Crippen molar-refractivity contribution in [2.45, 2.75) is 19.9 Å². The number of carbonyl (C=O) groups is 2. The molecule has 2 aromatic carbocycles. The Kier molecular flexibility index (Phi) is 6.42. The molecular weight excluding hydrogens is 480 g/mol. The fraction of sp³-hybridized carbons (Fsp3) is 0.115. The third-order valence-electron chi connectivity index (χ3n) is 5.62. The molecule has 5 aromatic rings. The number of rotatable bonds is 7. The normalized spacial score (nSPS) is 11.1. The van der Waals surface area contributed by atoms with E-state index < -0.39 is 23.9 Å². The molecule has 11 heteroatoms. The summed E-state index contributed by atoms with van der Waals surface area (Å²) in [5, 5.41) is 13.7. The van der Waals surface area contributed by atoms with Gasteiger partial charge in [0.1, 0.15) is 11.3 Å². The monoisotopic (exact) mass is 501 g/mol. The van der Waals surface area contributed by atoms with Crippen molar-refractivity contribution in [2.75, 3.05) is 10.6 Å². The zero-order valence-corrected chi connectivity index (χ0v) is 19.6. The minimum atomic E-state index is -2.85. The van der Waals surface area contributed by atoms with E-state index in [4.69, 9.17) is 0 Å². The first-order valence-corrected chi connectivity index (χ1v) is 11.4. The maximum Gasteiger partial charge on any atom is 0.280 e. The van der Waals surface area contributed by atoms with E-state index in [2.05, 4.69) is 25.8 Å². The van der Waals surface area contributed by atoms with Crippen LogP contribution in [0.5, 0.6) is 0 Å². The van der Waals surface area contributed by atoms with Crippen molar-refractivity contribution in [2.24, 2.45) is 0 Å². The van der Waals surface area contributed by atoms with Crippen LogP contribution < -0.4 is 10.6 Å². The molecule has 5 rings (SSSR count). The van der Waals surface area contributed by atoms with Crippen LogP contribution in [0, 0.1) is 0 Å². The Morgan fingerprint density at radius 1 is 0.973 bits per heavy atom. The predicted molar refractivity (Wildman–Crippen MR) is 134 cm³/mol. The van der Waals surface area contributed by atoms with Crippen molar-refractivity contribution >= 4 is 28.8 Å². The summed E-state index contributed by atoms with van der Waals surface area (Å²) in [6, 6.07) is 18.9. The number of nitrogens with zero attached hydrogens (tertiary/aromatic N) is 5. The first-order chi connectivity index (χ1) is 17.9. The van der Waals surface area contributed by atoms with Gasteiger partial charge in [-0.2, -0.15) is 10.2 Å². The number of hydrogen-bond donors (Lipinski definition) is 2. The molecule has 0 fully saturated rings. The summed E-state index contributed by atoms with van der Waals surface area (Å²) < 4.78 is 30.2. The molecular formula is C26H21F2N7O2. The highest BCUT2D eigenvalue weighted by Crippen LogP contribution is 2.27. The second kappa shape index (κ2) is 9.97. The second-order valence-electron chi connectivity index (χ2n) is 8.05. The fourth-order valence-electron chi connectivity index (χ4n) is 3.80. The molecule has 186 valence electrons. The van der Waals surface area contributed by atoms with Crippen LogP contribution in [0.25, 0.3) is 16.9 Å². The summed E-state index contributed by atoms with van der Waals surface area (Å²) in [5.74, 6) is -1.18. The Labute approximate surface area is 209 Å². The lowest BCUT2D eigenvalue weighted by Gasteiger charge is -2.09. The standard InChI is InChI=1S/C26H21F2N7O2/c1-2-34-15-20(22(33-34)26(37)30-17-11-7-4-8-12-17)32-25(36)18-14-29-35-21(23(27)28)13-19(31-24(18)35)16-9-5-3-6-10-16/h3-15,23H,2H2,1H3,(H,30,37)(H,32,36). The molecule has 0 aliphatic heterocycles. The minimum absolute atomic E-state index is 0.00160. The van der Waals surface area contributed by atoms with Crippen molar-refractivity contribution in [3.8, 4) is 11.3 Å². The number of carbonyl (C=O) groups excluding carboxylic acids is 2. The molecule has 0 bridgehead atoms. The minimum Gasteiger partial charge on any atom is -0.321 e. The number of hydrogen-bond acceptors (Lipinski definition) is 5.